The van der Waals surface area contributed by atoms with Gasteiger partial charge in [0.2, 0.25) is 0 Å². The van der Waals surface area contributed by atoms with Crippen molar-refractivity contribution >= 4 is 28.4 Å². The van der Waals surface area contributed by atoms with E-state index < -0.39 is 40.5 Å². The van der Waals surface area contributed by atoms with Crippen molar-refractivity contribution in [2.24, 2.45) is 0 Å². The van der Waals surface area contributed by atoms with E-state index >= 15 is 0 Å². The number of nitrogens with one attached hydrogen (secondary N) is 1. The minimum atomic E-state index is -4.47. The third-order valence-corrected chi connectivity index (χ3v) is 4.52. The monoisotopic (exact) mass is 399 g/mol. The Morgan fingerprint density at radius 2 is 1.67 bits per heavy atom. The summed E-state index contributed by atoms with van der Waals surface area (Å²) in [6.45, 7) is 1.32. The SMILES string of the molecule is C[C@@H](OC(=O)c1ccccc1[S@@](C)=O)C(=O)Nc1ccc(C(F)(F)F)cc1. The maximum Gasteiger partial charge on any atom is 0.416 e. The highest BCUT2D eigenvalue weighted by atomic mass is 32.2. The van der Waals surface area contributed by atoms with E-state index in [4.69, 9.17) is 4.74 Å². The number of esters is 1. The van der Waals surface area contributed by atoms with Crippen LogP contribution in [0.1, 0.15) is 22.8 Å². The molecular formula is C18H16F3NO4S. The van der Waals surface area contributed by atoms with Crippen LogP contribution in [0.2, 0.25) is 0 Å². The minimum Gasteiger partial charge on any atom is -0.449 e. The number of benzene rings is 2. The lowest BCUT2D eigenvalue weighted by Gasteiger charge is -2.15. The quantitative estimate of drug-likeness (QED) is 0.780. The molecule has 0 spiro atoms. The van der Waals surface area contributed by atoms with E-state index in [2.05, 4.69) is 5.32 Å². The summed E-state index contributed by atoms with van der Waals surface area (Å²) in [6.07, 6.45) is -4.27. The van der Waals surface area contributed by atoms with Gasteiger partial charge in [0, 0.05) is 11.9 Å². The summed E-state index contributed by atoms with van der Waals surface area (Å²) in [6, 6.07) is 10.0. The standard InChI is InChI=1S/C18H16F3NO4S/c1-11(26-17(24)14-5-3-4-6-15(14)27(2)25)16(23)22-13-9-7-12(8-10-13)18(19,20)21/h3-11H,1-2H3,(H,22,23)/t11-,27-/m1/s1. The third-order valence-electron chi connectivity index (χ3n) is 3.55. The molecule has 1 N–H and O–H groups in total. The smallest absolute Gasteiger partial charge is 0.416 e. The lowest BCUT2D eigenvalue weighted by Crippen LogP contribution is -2.30. The van der Waals surface area contributed by atoms with Crippen LogP contribution in [0.4, 0.5) is 18.9 Å². The van der Waals surface area contributed by atoms with E-state index in [1.165, 1.54) is 25.3 Å². The molecular weight excluding hydrogens is 383 g/mol. The summed E-state index contributed by atoms with van der Waals surface area (Å²) < 4.78 is 54.4. The summed E-state index contributed by atoms with van der Waals surface area (Å²) in [7, 11) is -1.42. The molecule has 2 atom stereocenters. The van der Waals surface area contributed by atoms with Gasteiger partial charge in [0.15, 0.2) is 6.10 Å². The Morgan fingerprint density at radius 3 is 2.22 bits per heavy atom. The van der Waals surface area contributed by atoms with Crippen molar-refractivity contribution in [1.29, 1.82) is 0 Å². The normalized spacial score (nSPS) is 13.5. The van der Waals surface area contributed by atoms with Crippen LogP contribution in [0, 0.1) is 0 Å². The topological polar surface area (TPSA) is 72.5 Å². The number of carbonyl (C=O) groups excluding carboxylic acids is 2. The van der Waals surface area contributed by atoms with Gasteiger partial charge in [-0.25, -0.2) is 4.79 Å². The van der Waals surface area contributed by atoms with Gasteiger partial charge < -0.3 is 10.1 Å². The van der Waals surface area contributed by atoms with Gasteiger partial charge in [-0.1, -0.05) is 12.1 Å². The summed E-state index contributed by atoms with van der Waals surface area (Å²) in [5.74, 6) is -1.53. The first kappa shape index (κ1) is 20.6. The molecule has 0 bridgehead atoms. The number of amides is 1. The van der Waals surface area contributed by atoms with Gasteiger partial charge in [0.1, 0.15) is 0 Å². The second kappa shape index (κ2) is 8.34. The summed E-state index contributed by atoms with van der Waals surface area (Å²) in [5.41, 5.74) is -0.636. The van der Waals surface area contributed by atoms with E-state index in [-0.39, 0.29) is 16.1 Å². The molecule has 5 nitrogen and oxygen atoms in total. The number of anilines is 1. The van der Waals surface area contributed by atoms with Gasteiger partial charge in [0.05, 0.1) is 26.8 Å². The Labute approximate surface area is 156 Å². The van der Waals surface area contributed by atoms with Crippen molar-refractivity contribution in [3.63, 3.8) is 0 Å². The van der Waals surface area contributed by atoms with Gasteiger partial charge >= 0.3 is 12.1 Å². The van der Waals surface area contributed by atoms with E-state index in [9.17, 15) is 27.0 Å². The van der Waals surface area contributed by atoms with Crippen LogP contribution in [0.3, 0.4) is 0 Å². The maximum atomic E-state index is 12.5. The number of carbonyl (C=O) groups is 2. The number of ether oxygens (including phenoxy) is 1. The average molecular weight is 399 g/mol. The summed E-state index contributed by atoms with van der Waals surface area (Å²) >= 11 is 0. The van der Waals surface area contributed by atoms with Crippen LogP contribution < -0.4 is 5.32 Å². The van der Waals surface area contributed by atoms with Crippen molar-refractivity contribution in [3.8, 4) is 0 Å². The predicted octanol–water partition coefficient (Wildman–Crippen LogP) is 3.63. The van der Waals surface area contributed by atoms with Gasteiger partial charge in [-0.3, -0.25) is 9.00 Å². The molecule has 2 rings (SSSR count). The van der Waals surface area contributed by atoms with Crippen LogP contribution >= 0.6 is 0 Å². The molecule has 144 valence electrons. The molecule has 0 aliphatic rings. The number of hydrogen-bond acceptors (Lipinski definition) is 4. The first-order valence-corrected chi connectivity index (χ1v) is 9.27. The lowest BCUT2D eigenvalue weighted by molar-refractivity contribution is -0.137. The van der Waals surface area contributed by atoms with Crippen molar-refractivity contribution in [3.05, 3.63) is 59.7 Å². The van der Waals surface area contributed by atoms with Crippen molar-refractivity contribution < 1.29 is 31.7 Å². The van der Waals surface area contributed by atoms with Crippen molar-refractivity contribution in [2.75, 3.05) is 11.6 Å². The van der Waals surface area contributed by atoms with Gasteiger partial charge in [-0.2, -0.15) is 13.2 Å². The molecule has 0 radical (unpaired) electrons. The highest BCUT2D eigenvalue weighted by molar-refractivity contribution is 7.84. The molecule has 0 fully saturated rings. The molecule has 0 aliphatic carbocycles. The zero-order chi connectivity index (χ0) is 20.2. The first-order chi connectivity index (χ1) is 12.6. The Morgan fingerprint density at radius 1 is 1.07 bits per heavy atom. The van der Waals surface area contributed by atoms with Gasteiger partial charge in [-0.15, -0.1) is 0 Å². The molecule has 2 aromatic carbocycles. The molecule has 0 saturated carbocycles. The number of alkyl halides is 3. The Bertz CT molecular complexity index is 866. The second-order valence-electron chi connectivity index (χ2n) is 5.56. The number of rotatable bonds is 5. The fourth-order valence-electron chi connectivity index (χ4n) is 2.15. The lowest BCUT2D eigenvalue weighted by atomic mass is 10.2. The molecule has 0 aliphatic heterocycles. The zero-order valence-electron chi connectivity index (χ0n) is 14.4. The van der Waals surface area contributed by atoms with Crippen LogP contribution in [0.5, 0.6) is 0 Å². The third kappa shape index (κ3) is 5.40. The molecule has 2 aromatic rings. The molecule has 1 amide bonds. The molecule has 0 unspecified atom stereocenters. The predicted molar refractivity (Wildman–Crippen MR) is 93.7 cm³/mol. The number of hydrogen-bond donors (Lipinski definition) is 1. The first-order valence-electron chi connectivity index (χ1n) is 7.71. The number of halogens is 3. The zero-order valence-corrected chi connectivity index (χ0v) is 15.2. The average Bonchev–Trinajstić information content (AvgIpc) is 2.61. The van der Waals surface area contributed by atoms with Crippen LogP contribution in [0.15, 0.2) is 53.4 Å². The minimum absolute atomic E-state index is 0.0764. The Kier molecular flexibility index (Phi) is 6.37. The molecule has 0 aromatic heterocycles. The van der Waals surface area contributed by atoms with Gasteiger partial charge in [0.25, 0.3) is 5.91 Å². The Balaban J connectivity index is 2.04. The van der Waals surface area contributed by atoms with E-state index in [1.54, 1.807) is 12.1 Å². The fraction of sp³-hybridized carbons (Fsp3) is 0.222. The van der Waals surface area contributed by atoms with E-state index in [0.29, 0.717) is 0 Å². The fourth-order valence-corrected chi connectivity index (χ4v) is 2.88. The van der Waals surface area contributed by atoms with Crippen LogP contribution in [0.25, 0.3) is 0 Å². The molecule has 0 saturated heterocycles. The van der Waals surface area contributed by atoms with Crippen LogP contribution in [-0.2, 0) is 26.5 Å². The molecule has 0 heterocycles. The van der Waals surface area contributed by atoms with Gasteiger partial charge in [-0.05, 0) is 43.3 Å². The van der Waals surface area contributed by atoms with Crippen molar-refractivity contribution in [2.45, 2.75) is 24.1 Å². The maximum absolute atomic E-state index is 12.5. The highest BCUT2D eigenvalue weighted by Gasteiger charge is 2.30. The van der Waals surface area contributed by atoms with Crippen LogP contribution in [-0.4, -0.2) is 28.4 Å². The Hall–Kier alpha value is -2.68. The second-order valence-corrected chi connectivity index (χ2v) is 6.91. The van der Waals surface area contributed by atoms with Crippen molar-refractivity contribution in [1.82, 2.24) is 0 Å². The summed E-state index contributed by atoms with van der Waals surface area (Å²) in [5, 5.41) is 2.37. The molecule has 27 heavy (non-hydrogen) atoms. The van der Waals surface area contributed by atoms with E-state index in [0.717, 1.165) is 24.3 Å². The highest BCUT2D eigenvalue weighted by Crippen LogP contribution is 2.29. The summed E-state index contributed by atoms with van der Waals surface area (Å²) in [4.78, 5) is 24.6. The van der Waals surface area contributed by atoms with E-state index in [1.807, 2.05) is 0 Å². The molecule has 9 heteroatoms. The largest absolute Gasteiger partial charge is 0.449 e.